The lowest BCUT2D eigenvalue weighted by atomic mass is 10.1. The number of benzene rings is 2. The fourth-order valence-corrected chi connectivity index (χ4v) is 3.95. The van der Waals surface area contributed by atoms with Gasteiger partial charge in [0.15, 0.2) is 11.5 Å². The summed E-state index contributed by atoms with van der Waals surface area (Å²) in [7, 11) is 4.76. The first kappa shape index (κ1) is 22.2. The predicted octanol–water partition coefficient (Wildman–Crippen LogP) is 3.64. The van der Waals surface area contributed by atoms with Crippen molar-refractivity contribution in [1.82, 2.24) is 9.80 Å². The molecule has 1 saturated heterocycles. The molecule has 0 bridgehead atoms. The van der Waals surface area contributed by atoms with E-state index in [4.69, 9.17) is 25.8 Å². The van der Waals surface area contributed by atoms with Crippen LogP contribution in [0.5, 0.6) is 17.2 Å². The lowest BCUT2D eigenvalue weighted by molar-refractivity contribution is -0.133. The Morgan fingerprint density at radius 1 is 0.933 bits per heavy atom. The van der Waals surface area contributed by atoms with Crippen molar-refractivity contribution in [3.63, 3.8) is 0 Å². The number of hydrogen-bond acceptors (Lipinski definition) is 5. The van der Waals surface area contributed by atoms with Gasteiger partial charge in [-0.25, -0.2) is 0 Å². The fourth-order valence-electron chi connectivity index (χ4n) is 3.74. The Morgan fingerprint density at radius 3 is 2.17 bits per heavy atom. The second-order valence-corrected chi connectivity index (χ2v) is 7.76. The number of rotatable bonds is 8. The highest BCUT2D eigenvalue weighted by atomic mass is 35.5. The van der Waals surface area contributed by atoms with Crippen molar-refractivity contribution >= 4 is 17.5 Å². The first-order valence-corrected chi connectivity index (χ1v) is 10.4. The van der Waals surface area contributed by atoms with Crippen LogP contribution >= 0.6 is 11.6 Å². The third-order valence-corrected chi connectivity index (χ3v) is 5.61. The van der Waals surface area contributed by atoms with Crippen molar-refractivity contribution in [2.75, 3.05) is 47.5 Å². The van der Waals surface area contributed by atoms with Gasteiger partial charge in [-0.05, 0) is 41.8 Å². The van der Waals surface area contributed by atoms with E-state index < -0.39 is 0 Å². The molecule has 1 amide bonds. The lowest BCUT2D eigenvalue weighted by Gasteiger charge is -2.35. The summed E-state index contributed by atoms with van der Waals surface area (Å²) in [6.07, 6.45) is 1.07. The summed E-state index contributed by atoms with van der Waals surface area (Å²) in [5, 5.41) is 0.758. The minimum absolute atomic E-state index is 0.172. The number of halogens is 1. The second kappa shape index (κ2) is 10.5. The Morgan fingerprint density at radius 2 is 1.60 bits per heavy atom. The lowest BCUT2D eigenvalue weighted by Crippen LogP contribution is -2.48. The van der Waals surface area contributed by atoms with Gasteiger partial charge in [0.1, 0.15) is 0 Å². The van der Waals surface area contributed by atoms with E-state index in [1.54, 1.807) is 21.3 Å². The molecule has 2 aromatic carbocycles. The van der Waals surface area contributed by atoms with Crippen molar-refractivity contribution in [2.45, 2.75) is 19.4 Å². The molecule has 0 radical (unpaired) electrons. The highest BCUT2D eigenvalue weighted by molar-refractivity contribution is 6.30. The molecule has 0 N–H and O–H groups in total. The third-order valence-electron chi connectivity index (χ3n) is 5.37. The van der Waals surface area contributed by atoms with E-state index in [9.17, 15) is 4.79 Å². The number of carbonyl (C=O) groups excluding carboxylic acids is 1. The maximum atomic E-state index is 12.7. The van der Waals surface area contributed by atoms with Crippen molar-refractivity contribution in [2.24, 2.45) is 0 Å². The SMILES string of the molecule is COc1cc(CCC(=O)N2CCN(Cc3cccc(Cl)c3)CC2)cc(OC)c1OC. The molecule has 7 heteroatoms. The van der Waals surface area contributed by atoms with E-state index >= 15 is 0 Å². The zero-order chi connectivity index (χ0) is 21.5. The molecule has 162 valence electrons. The van der Waals surface area contributed by atoms with E-state index in [0.717, 1.165) is 43.3 Å². The molecule has 0 saturated carbocycles. The first-order valence-electron chi connectivity index (χ1n) is 10.1. The standard InChI is InChI=1S/C23H29ClN2O4/c1-28-20-14-17(15-21(29-2)23(20)30-3)7-8-22(27)26-11-9-25(10-12-26)16-18-5-4-6-19(24)13-18/h4-6,13-15H,7-12,16H2,1-3H3. The molecule has 1 heterocycles. The Bertz CT molecular complexity index is 841. The van der Waals surface area contributed by atoms with Crippen molar-refractivity contribution in [1.29, 1.82) is 0 Å². The van der Waals surface area contributed by atoms with Crippen LogP contribution in [0.3, 0.4) is 0 Å². The quantitative estimate of drug-likeness (QED) is 0.637. The van der Waals surface area contributed by atoms with Gasteiger partial charge >= 0.3 is 0 Å². The maximum absolute atomic E-state index is 12.7. The zero-order valence-electron chi connectivity index (χ0n) is 17.8. The summed E-state index contributed by atoms with van der Waals surface area (Å²) >= 11 is 6.07. The van der Waals surface area contributed by atoms with Gasteiger partial charge in [-0.15, -0.1) is 0 Å². The number of methoxy groups -OCH3 is 3. The molecular weight excluding hydrogens is 404 g/mol. The van der Waals surface area contributed by atoms with Gasteiger partial charge in [0, 0.05) is 44.2 Å². The molecule has 0 aromatic heterocycles. The number of carbonyl (C=O) groups is 1. The van der Waals surface area contributed by atoms with E-state index in [1.807, 2.05) is 35.2 Å². The molecule has 0 unspecified atom stereocenters. The highest BCUT2D eigenvalue weighted by Gasteiger charge is 2.21. The van der Waals surface area contributed by atoms with Gasteiger partial charge in [-0.3, -0.25) is 9.69 Å². The highest BCUT2D eigenvalue weighted by Crippen LogP contribution is 2.38. The van der Waals surface area contributed by atoms with Crippen LogP contribution in [-0.4, -0.2) is 63.2 Å². The number of nitrogens with zero attached hydrogens (tertiary/aromatic N) is 2. The van der Waals surface area contributed by atoms with Crippen molar-refractivity contribution in [3.05, 3.63) is 52.5 Å². The number of amides is 1. The van der Waals surface area contributed by atoms with E-state index in [2.05, 4.69) is 11.0 Å². The van der Waals surface area contributed by atoms with Crippen LogP contribution in [-0.2, 0) is 17.8 Å². The first-order chi connectivity index (χ1) is 14.5. The Balaban J connectivity index is 1.51. The molecule has 0 atom stereocenters. The van der Waals surface area contributed by atoms with Crippen LogP contribution in [0.15, 0.2) is 36.4 Å². The summed E-state index contributed by atoms with van der Waals surface area (Å²) in [5.41, 5.74) is 2.18. The van der Waals surface area contributed by atoms with E-state index in [-0.39, 0.29) is 5.91 Å². The van der Waals surface area contributed by atoms with Crippen LogP contribution in [0, 0.1) is 0 Å². The molecule has 2 aromatic rings. The number of ether oxygens (including phenoxy) is 3. The average molecular weight is 433 g/mol. The van der Waals surface area contributed by atoms with Crippen LogP contribution in [0.4, 0.5) is 0 Å². The number of piperazine rings is 1. The molecule has 0 spiro atoms. The fraction of sp³-hybridized carbons (Fsp3) is 0.435. The van der Waals surface area contributed by atoms with Gasteiger partial charge in [0.05, 0.1) is 21.3 Å². The molecule has 1 fully saturated rings. The average Bonchev–Trinajstić information content (AvgIpc) is 2.77. The summed E-state index contributed by atoms with van der Waals surface area (Å²) in [6.45, 7) is 4.07. The largest absolute Gasteiger partial charge is 0.493 e. The predicted molar refractivity (Wildman–Crippen MR) is 118 cm³/mol. The van der Waals surface area contributed by atoms with Crippen molar-refractivity contribution < 1.29 is 19.0 Å². The third kappa shape index (κ3) is 5.58. The van der Waals surface area contributed by atoms with Gasteiger partial charge < -0.3 is 19.1 Å². The van der Waals surface area contributed by atoms with Crippen LogP contribution < -0.4 is 14.2 Å². The van der Waals surface area contributed by atoms with Crippen LogP contribution in [0.2, 0.25) is 5.02 Å². The topological polar surface area (TPSA) is 51.2 Å². The Kier molecular flexibility index (Phi) is 7.82. The van der Waals surface area contributed by atoms with Crippen molar-refractivity contribution in [3.8, 4) is 17.2 Å². The van der Waals surface area contributed by atoms with Gasteiger partial charge in [0.2, 0.25) is 11.7 Å². The van der Waals surface area contributed by atoms with Crippen LogP contribution in [0.1, 0.15) is 17.5 Å². The summed E-state index contributed by atoms with van der Waals surface area (Å²) in [4.78, 5) is 17.0. The minimum atomic E-state index is 0.172. The summed E-state index contributed by atoms with van der Waals surface area (Å²) in [6, 6.07) is 11.7. The Labute approximate surface area is 183 Å². The Hall–Kier alpha value is -2.44. The molecule has 1 aliphatic heterocycles. The van der Waals surface area contributed by atoms with E-state index in [0.29, 0.717) is 30.1 Å². The molecule has 1 aliphatic rings. The van der Waals surface area contributed by atoms with E-state index in [1.165, 1.54) is 5.56 Å². The second-order valence-electron chi connectivity index (χ2n) is 7.32. The molecular formula is C23H29ClN2O4. The molecule has 6 nitrogen and oxygen atoms in total. The molecule has 30 heavy (non-hydrogen) atoms. The summed E-state index contributed by atoms with van der Waals surface area (Å²) < 4.78 is 16.1. The van der Waals surface area contributed by atoms with Gasteiger partial charge in [-0.2, -0.15) is 0 Å². The normalized spacial score (nSPS) is 14.5. The minimum Gasteiger partial charge on any atom is -0.493 e. The number of hydrogen-bond donors (Lipinski definition) is 0. The number of aryl methyl sites for hydroxylation is 1. The maximum Gasteiger partial charge on any atom is 0.222 e. The van der Waals surface area contributed by atoms with Gasteiger partial charge in [0.25, 0.3) is 0 Å². The zero-order valence-corrected chi connectivity index (χ0v) is 18.6. The van der Waals surface area contributed by atoms with Gasteiger partial charge in [-0.1, -0.05) is 23.7 Å². The smallest absolute Gasteiger partial charge is 0.222 e. The monoisotopic (exact) mass is 432 g/mol. The van der Waals surface area contributed by atoms with Crippen LogP contribution in [0.25, 0.3) is 0 Å². The summed E-state index contributed by atoms with van der Waals surface area (Å²) in [5.74, 6) is 1.94. The molecule has 3 rings (SSSR count). The molecule has 0 aliphatic carbocycles.